The summed E-state index contributed by atoms with van der Waals surface area (Å²) < 4.78 is 57.3. The first kappa shape index (κ1) is 22.3. The van der Waals surface area contributed by atoms with Gasteiger partial charge < -0.3 is 14.7 Å². The summed E-state index contributed by atoms with van der Waals surface area (Å²) in [6.45, 7) is 0.00444. The van der Waals surface area contributed by atoms with Crippen LogP contribution in [0.2, 0.25) is 0 Å². The van der Waals surface area contributed by atoms with E-state index >= 15 is 0 Å². The molecule has 0 spiro atoms. The lowest BCUT2D eigenvalue weighted by Crippen LogP contribution is -2.43. The fourth-order valence-electron chi connectivity index (χ4n) is 3.12. The van der Waals surface area contributed by atoms with Gasteiger partial charge in [-0.1, -0.05) is 23.4 Å². The molecule has 0 aliphatic rings. The zero-order valence-corrected chi connectivity index (χ0v) is 16.5. The third-order valence-electron chi connectivity index (χ3n) is 4.64. The lowest BCUT2D eigenvalue weighted by atomic mass is 10.1. The first-order chi connectivity index (χ1) is 14.8. The number of para-hydroxylation sites is 1. The highest BCUT2D eigenvalue weighted by molar-refractivity contribution is 5.81. The Morgan fingerprint density at radius 2 is 1.74 bits per heavy atom. The molecule has 0 aliphatic heterocycles. The largest absolute Gasteiger partial charge is 0.471 e. The van der Waals surface area contributed by atoms with E-state index in [1.54, 1.807) is 24.3 Å². The van der Waals surface area contributed by atoms with Crippen LogP contribution in [0.15, 0.2) is 65.3 Å². The number of anilines is 1. The number of nitrogens with one attached hydrogen (secondary N) is 1. The zero-order chi connectivity index (χ0) is 22.3. The summed E-state index contributed by atoms with van der Waals surface area (Å²) in [5.41, 5.74) is 2.05. The second-order valence-corrected chi connectivity index (χ2v) is 6.87. The molecule has 2 aromatic carbocycles. The van der Waals surface area contributed by atoms with Crippen molar-refractivity contribution in [3.05, 3.63) is 72.2 Å². The van der Waals surface area contributed by atoms with Crippen LogP contribution in [0.4, 0.5) is 23.2 Å². The number of hydrogen-bond donors (Lipinski definition) is 1. The maximum Gasteiger partial charge on any atom is 0.471 e. The van der Waals surface area contributed by atoms with Crippen LogP contribution < -0.4 is 5.32 Å². The average Bonchev–Trinajstić information content (AvgIpc) is 3.21. The average molecular weight is 435 g/mol. The minimum absolute atomic E-state index is 0.0805. The van der Waals surface area contributed by atoms with Crippen molar-refractivity contribution in [3.63, 3.8) is 0 Å². The molecule has 0 aliphatic carbocycles. The Morgan fingerprint density at radius 3 is 2.42 bits per heavy atom. The van der Waals surface area contributed by atoms with E-state index in [0.717, 1.165) is 10.6 Å². The van der Waals surface area contributed by atoms with Crippen molar-refractivity contribution in [1.82, 2.24) is 10.1 Å². The molecule has 1 amide bonds. The predicted octanol–water partition coefficient (Wildman–Crippen LogP) is 4.92. The number of carbonyl (C=O) groups is 1. The van der Waals surface area contributed by atoms with E-state index in [1.807, 2.05) is 6.07 Å². The summed E-state index contributed by atoms with van der Waals surface area (Å²) in [5.74, 6) is -1.83. The number of nitrogens with zero attached hydrogens (tertiary/aromatic N) is 2. The SMILES string of the molecule is O=C(N(CCCc1cnoc1-c1ccc(F)cc1)CCNc1ccccc1)C(F)(F)F. The van der Waals surface area contributed by atoms with Crippen LogP contribution in [0.1, 0.15) is 12.0 Å². The number of amides is 1. The highest BCUT2D eigenvalue weighted by Crippen LogP contribution is 2.25. The molecule has 1 N–H and O–H groups in total. The highest BCUT2D eigenvalue weighted by atomic mass is 19.4. The first-order valence-corrected chi connectivity index (χ1v) is 9.69. The van der Waals surface area contributed by atoms with E-state index < -0.39 is 17.9 Å². The summed E-state index contributed by atoms with van der Waals surface area (Å²) >= 11 is 0. The number of rotatable bonds is 9. The summed E-state index contributed by atoms with van der Waals surface area (Å²) in [6, 6.07) is 14.7. The molecule has 0 bridgehead atoms. The molecule has 3 aromatic rings. The molecule has 3 rings (SSSR count). The van der Waals surface area contributed by atoms with E-state index in [0.29, 0.717) is 23.3 Å². The molecule has 9 heteroatoms. The van der Waals surface area contributed by atoms with Crippen molar-refractivity contribution in [2.75, 3.05) is 25.0 Å². The maximum absolute atomic E-state index is 13.1. The van der Waals surface area contributed by atoms with Crippen molar-refractivity contribution in [2.45, 2.75) is 19.0 Å². The van der Waals surface area contributed by atoms with Gasteiger partial charge in [0.1, 0.15) is 5.82 Å². The molecule has 1 heterocycles. The molecule has 0 radical (unpaired) electrons. The van der Waals surface area contributed by atoms with Gasteiger partial charge in [-0.15, -0.1) is 0 Å². The molecule has 5 nitrogen and oxygen atoms in total. The van der Waals surface area contributed by atoms with Crippen molar-refractivity contribution < 1.29 is 26.9 Å². The molecule has 0 saturated carbocycles. The van der Waals surface area contributed by atoms with Gasteiger partial charge in [0.15, 0.2) is 5.76 Å². The third kappa shape index (κ3) is 6.31. The lowest BCUT2D eigenvalue weighted by Gasteiger charge is -2.24. The molecular weight excluding hydrogens is 414 g/mol. The standard InChI is InChI=1S/C22H21F4N3O2/c23-18-10-8-16(9-11-18)20-17(15-28-31-20)5-4-13-29(21(30)22(24,25)26)14-12-27-19-6-2-1-3-7-19/h1-3,6-11,15,27H,4-5,12-14H2. The van der Waals surface area contributed by atoms with E-state index in [9.17, 15) is 22.4 Å². The van der Waals surface area contributed by atoms with Gasteiger partial charge in [-0.2, -0.15) is 13.2 Å². The van der Waals surface area contributed by atoms with Crippen molar-refractivity contribution in [2.24, 2.45) is 0 Å². The van der Waals surface area contributed by atoms with Gasteiger partial charge >= 0.3 is 12.1 Å². The Labute approximate surface area is 176 Å². The van der Waals surface area contributed by atoms with Crippen LogP contribution in [0.5, 0.6) is 0 Å². The van der Waals surface area contributed by atoms with Gasteiger partial charge in [0.25, 0.3) is 0 Å². The van der Waals surface area contributed by atoms with Gasteiger partial charge in [0.2, 0.25) is 0 Å². The third-order valence-corrected chi connectivity index (χ3v) is 4.64. The van der Waals surface area contributed by atoms with Gasteiger partial charge in [-0.05, 0) is 49.2 Å². The van der Waals surface area contributed by atoms with Gasteiger partial charge in [0, 0.05) is 36.4 Å². The van der Waals surface area contributed by atoms with Gasteiger partial charge in [-0.25, -0.2) is 4.39 Å². The molecule has 31 heavy (non-hydrogen) atoms. The zero-order valence-electron chi connectivity index (χ0n) is 16.5. The molecule has 0 fully saturated rings. The van der Waals surface area contributed by atoms with Gasteiger partial charge in [-0.3, -0.25) is 4.79 Å². The van der Waals surface area contributed by atoms with Crippen molar-refractivity contribution in [1.29, 1.82) is 0 Å². The van der Waals surface area contributed by atoms with Gasteiger partial charge in [0.05, 0.1) is 6.20 Å². The minimum Gasteiger partial charge on any atom is -0.383 e. The Balaban J connectivity index is 1.59. The molecule has 0 saturated heterocycles. The number of benzene rings is 2. The number of halogens is 4. The summed E-state index contributed by atoms with van der Waals surface area (Å²) in [4.78, 5) is 12.6. The van der Waals surface area contributed by atoms with Crippen LogP contribution >= 0.6 is 0 Å². The summed E-state index contributed by atoms with van der Waals surface area (Å²) in [7, 11) is 0. The molecule has 0 unspecified atom stereocenters. The normalized spacial score (nSPS) is 11.4. The maximum atomic E-state index is 13.1. The summed E-state index contributed by atoms with van der Waals surface area (Å²) in [5, 5.41) is 6.74. The quantitative estimate of drug-likeness (QED) is 0.485. The number of aromatic nitrogens is 1. The molecule has 1 aromatic heterocycles. The molecular formula is C22H21F4N3O2. The van der Waals surface area contributed by atoms with Crippen LogP contribution in [-0.4, -0.2) is 41.8 Å². The van der Waals surface area contributed by atoms with E-state index in [4.69, 9.17) is 4.52 Å². The van der Waals surface area contributed by atoms with E-state index in [-0.39, 0.29) is 26.1 Å². The van der Waals surface area contributed by atoms with Crippen LogP contribution in [0.25, 0.3) is 11.3 Å². The van der Waals surface area contributed by atoms with E-state index in [1.165, 1.54) is 30.5 Å². The lowest BCUT2D eigenvalue weighted by molar-refractivity contribution is -0.185. The second-order valence-electron chi connectivity index (χ2n) is 6.87. The van der Waals surface area contributed by atoms with Crippen LogP contribution in [-0.2, 0) is 11.2 Å². The van der Waals surface area contributed by atoms with Crippen molar-refractivity contribution >= 4 is 11.6 Å². The number of aryl methyl sites for hydroxylation is 1. The number of hydrogen-bond acceptors (Lipinski definition) is 4. The number of carbonyl (C=O) groups excluding carboxylic acids is 1. The Morgan fingerprint density at radius 1 is 1.03 bits per heavy atom. The Hall–Kier alpha value is -3.36. The highest BCUT2D eigenvalue weighted by Gasteiger charge is 2.42. The summed E-state index contributed by atoms with van der Waals surface area (Å²) in [6.07, 6.45) is -2.83. The minimum atomic E-state index is -4.94. The van der Waals surface area contributed by atoms with Crippen LogP contribution in [0, 0.1) is 5.82 Å². The van der Waals surface area contributed by atoms with Crippen molar-refractivity contribution in [3.8, 4) is 11.3 Å². The Kier molecular flexibility index (Phi) is 7.28. The van der Waals surface area contributed by atoms with E-state index in [2.05, 4.69) is 10.5 Å². The van der Waals surface area contributed by atoms with Crippen LogP contribution in [0.3, 0.4) is 0 Å². The smallest absolute Gasteiger partial charge is 0.383 e. The molecule has 164 valence electrons. The second kappa shape index (κ2) is 10.1. The molecule has 0 atom stereocenters. The monoisotopic (exact) mass is 435 g/mol. The fourth-order valence-corrected chi connectivity index (χ4v) is 3.12. The first-order valence-electron chi connectivity index (χ1n) is 9.69. The number of alkyl halides is 3. The predicted molar refractivity (Wildman–Crippen MR) is 108 cm³/mol. The Bertz CT molecular complexity index is 972. The topological polar surface area (TPSA) is 58.4 Å². The fraction of sp³-hybridized carbons (Fsp3) is 0.273.